The monoisotopic (exact) mass is 392 g/mol. The van der Waals surface area contributed by atoms with Crippen molar-refractivity contribution in [1.29, 1.82) is 0 Å². The van der Waals surface area contributed by atoms with Crippen molar-refractivity contribution in [3.8, 4) is 11.1 Å². The van der Waals surface area contributed by atoms with Gasteiger partial charge in [0, 0.05) is 0 Å². The number of hydrogen-bond donors (Lipinski definition) is 1. The number of aromatic nitrogens is 5. The molecule has 4 aromatic rings. The Morgan fingerprint density at radius 1 is 1.14 bits per heavy atom. The average molecular weight is 392 g/mol. The van der Waals surface area contributed by atoms with E-state index in [4.69, 9.17) is 0 Å². The second kappa shape index (κ2) is 8.05. The molecule has 2 aromatic carbocycles. The molecule has 1 amide bonds. The number of nitrogens with one attached hydrogen (secondary N) is 1. The van der Waals surface area contributed by atoms with Crippen molar-refractivity contribution in [2.45, 2.75) is 19.5 Å². The van der Waals surface area contributed by atoms with E-state index in [-0.39, 0.29) is 25.4 Å². The van der Waals surface area contributed by atoms with Crippen molar-refractivity contribution in [3.63, 3.8) is 0 Å². The van der Waals surface area contributed by atoms with Crippen molar-refractivity contribution in [1.82, 2.24) is 30.5 Å². The molecule has 1 N–H and O–H groups in total. The van der Waals surface area contributed by atoms with Crippen LogP contribution < -0.4 is 5.32 Å². The molecule has 9 heteroatoms. The Balaban J connectivity index is 1.41. The van der Waals surface area contributed by atoms with Crippen molar-refractivity contribution in [3.05, 3.63) is 59.4 Å². The van der Waals surface area contributed by atoms with Crippen molar-refractivity contribution in [2.75, 3.05) is 0 Å². The number of carbonyl (C=O) groups is 2. The number of thiazole rings is 1. The quantitative estimate of drug-likeness (QED) is 0.483. The van der Waals surface area contributed by atoms with Crippen molar-refractivity contribution < 1.29 is 9.59 Å². The Morgan fingerprint density at radius 3 is 2.82 bits per heavy atom. The minimum atomic E-state index is -0.172. The third-order valence-corrected chi connectivity index (χ3v) is 5.05. The van der Waals surface area contributed by atoms with E-state index in [1.807, 2.05) is 30.3 Å². The SMILES string of the molecule is O=CCn1nnc(CNC(=O)Cc2nc3ccc(-c4ccccc4)cc3s2)n1. The molecular formula is C19H16N6O2S. The number of rotatable bonds is 7. The molecule has 2 heterocycles. The van der Waals surface area contributed by atoms with E-state index in [2.05, 4.69) is 43.9 Å². The maximum Gasteiger partial charge on any atom is 0.227 e. The highest BCUT2D eigenvalue weighted by molar-refractivity contribution is 7.18. The van der Waals surface area contributed by atoms with Crippen LogP contribution in [0, 0.1) is 0 Å². The van der Waals surface area contributed by atoms with Crippen molar-refractivity contribution in [2.24, 2.45) is 0 Å². The molecule has 0 spiro atoms. The first kappa shape index (κ1) is 17.9. The lowest BCUT2D eigenvalue weighted by molar-refractivity contribution is -0.120. The summed E-state index contributed by atoms with van der Waals surface area (Å²) >= 11 is 1.51. The number of carbonyl (C=O) groups excluding carboxylic acids is 2. The van der Waals surface area contributed by atoms with Crippen LogP contribution in [0.15, 0.2) is 48.5 Å². The summed E-state index contributed by atoms with van der Waals surface area (Å²) in [5.74, 6) is 0.182. The summed E-state index contributed by atoms with van der Waals surface area (Å²) in [6.45, 7) is 0.193. The molecule has 0 saturated carbocycles. The molecule has 0 bridgehead atoms. The van der Waals surface area contributed by atoms with Crippen LogP contribution in [0.25, 0.3) is 21.3 Å². The van der Waals surface area contributed by atoms with Crippen LogP contribution in [0.3, 0.4) is 0 Å². The Kier molecular flexibility index (Phi) is 5.16. The molecule has 0 unspecified atom stereocenters. The van der Waals surface area contributed by atoms with E-state index in [1.54, 1.807) is 0 Å². The van der Waals surface area contributed by atoms with E-state index in [0.717, 1.165) is 26.4 Å². The zero-order valence-corrected chi connectivity index (χ0v) is 15.6. The zero-order chi connectivity index (χ0) is 19.3. The minimum Gasteiger partial charge on any atom is -0.348 e. The maximum absolute atomic E-state index is 12.2. The zero-order valence-electron chi connectivity index (χ0n) is 14.8. The van der Waals surface area contributed by atoms with E-state index < -0.39 is 0 Å². The summed E-state index contributed by atoms with van der Waals surface area (Å²) in [7, 11) is 0. The summed E-state index contributed by atoms with van der Waals surface area (Å²) in [6.07, 6.45) is 0.864. The topological polar surface area (TPSA) is 103 Å². The lowest BCUT2D eigenvalue weighted by Gasteiger charge is -2.00. The maximum atomic E-state index is 12.2. The van der Waals surface area contributed by atoms with Gasteiger partial charge in [0.05, 0.1) is 23.2 Å². The molecule has 0 aliphatic carbocycles. The summed E-state index contributed by atoms with van der Waals surface area (Å²) in [5, 5.41) is 15.0. The predicted octanol–water partition coefficient (Wildman–Crippen LogP) is 2.01. The van der Waals surface area contributed by atoms with Gasteiger partial charge in [0.1, 0.15) is 17.8 Å². The van der Waals surface area contributed by atoms with Crippen LogP contribution in [0.5, 0.6) is 0 Å². The Morgan fingerprint density at radius 2 is 2.00 bits per heavy atom. The Labute approximate surface area is 164 Å². The smallest absolute Gasteiger partial charge is 0.227 e. The minimum absolute atomic E-state index is 0.0393. The highest BCUT2D eigenvalue weighted by atomic mass is 32.1. The van der Waals surface area contributed by atoms with Gasteiger partial charge in [-0.3, -0.25) is 4.79 Å². The third kappa shape index (κ3) is 4.09. The molecule has 8 nitrogen and oxygen atoms in total. The van der Waals surface area contributed by atoms with Gasteiger partial charge in [-0.05, 0) is 28.5 Å². The molecule has 0 saturated heterocycles. The molecule has 0 radical (unpaired) electrons. The average Bonchev–Trinajstić information content (AvgIpc) is 3.33. The highest BCUT2D eigenvalue weighted by Gasteiger charge is 2.11. The van der Waals surface area contributed by atoms with Crippen LogP contribution in [-0.2, 0) is 29.1 Å². The summed E-state index contributed by atoms with van der Waals surface area (Å²) in [5.41, 5.74) is 3.15. The van der Waals surface area contributed by atoms with E-state index >= 15 is 0 Å². The number of nitrogens with zero attached hydrogens (tertiary/aromatic N) is 5. The molecule has 2 aromatic heterocycles. The molecule has 0 aliphatic heterocycles. The van der Waals surface area contributed by atoms with Gasteiger partial charge in [0.2, 0.25) is 5.91 Å². The Hall–Kier alpha value is -3.46. The van der Waals surface area contributed by atoms with Gasteiger partial charge in [0.25, 0.3) is 0 Å². The predicted molar refractivity (Wildman–Crippen MR) is 104 cm³/mol. The van der Waals surface area contributed by atoms with Gasteiger partial charge in [-0.25, -0.2) is 4.98 Å². The Bertz CT molecular complexity index is 1120. The van der Waals surface area contributed by atoms with Gasteiger partial charge in [-0.15, -0.1) is 21.5 Å². The second-order valence-electron chi connectivity index (χ2n) is 6.04. The molecule has 0 aliphatic rings. The first-order valence-electron chi connectivity index (χ1n) is 8.63. The lowest BCUT2D eigenvalue weighted by Crippen LogP contribution is -2.25. The summed E-state index contributed by atoms with van der Waals surface area (Å²) in [6, 6.07) is 16.2. The number of hydrogen-bond acceptors (Lipinski definition) is 7. The summed E-state index contributed by atoms with van der Waals surface area (Å²) < 4.78 is 1.04. The molecule has 140 valence electrons. The number of amides is 1. The van der Waals surface area contributed by atoms with Gasteiger partial charge in [-0.2, -0.15) is 4.80 Å². The van der Waals surface area contributed by atoms with Gasteiger partial charge < -0.3 is 10.1 Å². The first-order chi connectivity index (χ1) is 13.7. The number of aldehydes is 1. The van der Waals surface area contributed by atoms with Crippen LogP contribution in [0.4, 0.5) is 0 Å². The lowest BCUT2D eigenvalue weighted by atomic mass is 10.1. The fraction of sp³-hybridized carbons (Fsp3) is 0.158. The van der Waals surface area contributed by atoms with Crippen LogP contribution in [-0.4, -0.2) is 37.4 Å². The number of benzene rings is 2. The third-order valence-electron chi connectivity index (χ3n) is 4.03. The van der Waals surface area contributed by atoms with Crippen LogP contribution in [0.2, 0.25) is 0 Å². The summed E-state index contributed by atoms with van der Waals surface area (Å²) in [4.78, 5) is 28.3. The normalized spacial score (nSPS) is 10.9. The molecule has 4 rings (SSSR count). The molecular weight excluding hydrogens is 376 g/mol. The number of fused-ring (bicyclic) bond motifs is 1. The van der Waals surface area contributed by atoms with Gasteiger partial charge in [-0.1, -0.05) is 36.4 Å². The molecule has 0 atom stereocenters. The molecule has 28 heavy (non-hydrogen) atoms. The van der Waals surface area contributed by atoms with Gasteiger partial charge >= 0.3 is 0 Å². The number of tetrazole rings is 1. The van der Waals surface area contributed by atoms with Crippen molar-refractivity contribution >= 4 is 33.7 Å². The largest absolute Gasteiger partial charge is 0.348 e. The second-order valence-corrected chi connectivity index (χ2v) is 7.15. The first-order valence-corrected chi connectivity index (χ1v) is 9.45. The van der Waals surface area contributed by atoms with Crippen LogP contribution in [0.1, 0.15) is 10.8 Å². The van der Waals surface area contributed by atoms with E-state index in [1.165, 1.54) is 16.1 Å². The van der Waals surface area contributed by atoms with Crippen LogP contribution >= 0.6 is 11.3 Å². The standard InChI is InChI=1S/C19H16N6O2S/c26-9-8-25-23-17(22-24-25)12-20-18(27)11-19-21-15-7-6-14(10-16(15)28-19)13-4-2-1-3-5-13/h1-7,9-10H,8,11-12H2,(H,20,27). The fourth-order valence-electron chi connectivity index (χ4n) is 2.73. The van der Waals surface area contributed by atoms with Gasteiger partial charge in [0.15, 0.2) is 5.82 Å². The van der Waals surface area contributed by atoms with E-state index in [9.17, 15) is 9.59 Å². The fourth-order valence-corrected chi connectivity index (χ4v) is 3.73. The highest BCUT2D eigenvalue weighted by Crippen LogP contribution is 2.28. The van der Waals surface area contributed by atoms with E-state index in [0.29, 0.717) is 12.1 Å². The molecule has 0 fully saturated rings.